The molecule has 0 saturated carbocycles. The number of thiophene rings is 1. The van der Waals surface area contributed by atoms with Crippen LogP contribution in [-0.2, 0) is 19.3 Å². The molecule has 1 unspecified atom stereocenters. The zero-order valence-corrected chi connectivity index (χ0v) is 11.9. The second kappa shape index (κ2) is 4.91. The molecular weight excluding hydrogens is 294 g/mol. The molecule has 1 aliphatic carbocycles. The molecule has 0 N–H and O–H groups in total. The molecule has 0 spiro atoms. The summed E-state index contributed by atoms with van der Waals surface area (Å²) >= 11 is 5.77. The van der Waals surface area contributed by atoms with E-state index in [1.165, 1.54) is 24.1 Å². The van der Waals surface area contributed by atoms with Gasteiger partial charge in [0.15, 0.2) is 0 Å². The lowest BCUT2D eigenvalue weighted by molar-refractivity contribution is 0.901. The first-order chi connectivity index (χ1) is 8.33. The highest BCUT2D eigenvalue weighted by Crippen LogP contribution is 2.38. The fourth-order valence-corrected chi connectivity index (χ4v) is 4.29. The first-order valence-corrected chi connectivity index (χ1v) is 7.71. The van der Waals surface area contributed by atoms with Crippen LogP contribution in [0.3, 0.4) is 0 Å². The van der Waals surface area contributed by atoms with Gasteiger partial charge in [-0.3, -0.25) is 4.98 Å². The van der Waals surface area contributed by atoms with Crippen LogP contribution in [0.15, 0.2) is 30.5 Å². The molecule has 17 heavy (non-hydrogen) atoms. The molecule has 0 aromatic carbocycles. The molecule has 0 fully saturated rings. The zero-order valence-electron chi connectivity index (χ0n) is 9.53. The van der Waals surface area contributed by atoms with Crippen molar-refractivity contribution in [2.24, 2.45) is 0 Å². The van der Waals surface area contributed by atoms with E-state index in [1.54, 1.807) is 10.4 Å². The Balaban J connectivity index is 1.75. The van der Waals surface area contributed by atoms with Crippen molar-refractivity contribution in [2.45, 2.75) is 30.5 Å². The second-order valence-corrected chi connectivity index (χ2v) is 6.72. The monoisotopic (exact) mass is 307 g/mol. The third kappa shape index (κ3) is 2.45. The van der Waals surface area contributed by atoms with Crippen LogP contribution in [-0.4, -0.2) is 4.98 Å². The number of hydrogen-bond acceptors (Lipinski definition) is 2. The molecule has 2 aromatic heterocycles. The van der Waals surface area contributed by atoms with Gasteiger partial charge in [-0.1, -0.05) is 22.0 Å². The number of pyridine rings is 1. The number of hydrogen-bond donors (Lipinski definition) is 0. The molecule has 2 aromatic rings. The first kappa shape index (κ1) is 11.4. The Morgan fingerprint density at radius 2 is 2.29 bits per heavy atom. The molecule has 1 nitrogen and oxygen atoms in total. The van der Waals surface area contributed by atoms with Gasteiger partial charge >= 0.3 is 0 Å². The normalized spacial score (nSPS) is 15.8. The molecular formula is C14H14BrNS. The van der Waals surface area contributed by atoms with Crippen LogP contribution in [0.5, 0.6) is 0 Å². The van der Waals surface area contributed by atoms with E-state index in [1.807, 2.05) is 23.6 Å². The quantitative estimate of drug-likeness (QED) is 0.770. The van der Waals surface area contributed by atoms with Crippen molar-refractivity contribution in [1.82, 2.24) is 4.98 Å². The lowest BCUT2D eigenvalue weighted by Crippen LogP contribution is -1.95. The summed E-state index contributed by atoms with van der Waals surface area (Å²) in [7, 11) is 0. The number of fused-ring (bicyclic) bond motifs is 1. The molecule has 3 rings (SSSR count). The Labute approximate surface area is 114 Å². The van der Waals surface area contributed by atoms with Crippen molar-refractivity contribution in [3.63, 3.8) is 0 Å². The first-order valence-electron chi connectivity index (χ1n) is 5.98. The summed E-state index contributed by atoms with van der Waals surface area (Å²) in [5, 5.41) is 0. The molecule has 88 valence electrons. The van der Waals surface area contributed by atoms with Crippen molar-refractivity contribution in [1.29, 1.82) is 0 Å². The van der Waals surface area contributed by atoms with Crippen molar-refractivity contribution < 1.29 is 0 Å². The largest absolute Gasteiger partial charge is 0.261 e. The highest BCUT2D eigenvalue weighted by Gasteiger charge is 2.18. The Morgan fingerprint density at radius 3 is 3.06 bits per heavy atom. The van der Waals surface area contributed by atoms with Gasteiger partial charge < -0.3 is 0 Å². The van der Waals surface area contributed by atoms with E-state index in [4.69, 9.17) is 0 Å². The topological polar surface area (TPSA) is 12.9 Å². The lowest BCUT2D eigenvalue weighted by Gasteiger charge is -2.06. The Morgan fingerprint density at radius 1 is 1.35 bits per heavy atom. The van der Waals surface area contributed by atoms with Gasteiger partial charge in [-0.15, -0.1) is 11.3 Å². The molecule has 1 atom stereocenters. The summed E-state index contributed by atoms with van der Waals surface area (Å²) < 4.78 is 0. The van der Waals surface area contributed by atoms with Crippen LogP contribution >= 0.6 is 27.3 Å². The molecule has 2 heterocycles. The third-order valence-electron chi connectivity index (χ3n) is 3.19. The highest BCUT2D eigenvalue weighted by molar-refractivity contribution is 9.09. The van der Waals surface area contributed by atoms with Crippen molar-refractivity contribution >= 4 is 27.3 Å². The predicted molar refractivity (Wildman–Crippen MR) is 76.0 cm³/mol. The Hall–Kier alpha value is -0.670. The zero-order chi connectivity index (χ0) is 11.7. The Kier molecular flexibility index (Phi) is 3.30. The van der Waals surface area contributed by atoms with Gasteiger partial charge in [0, 0.05) is 28.1 Å². The maximum absolute atomic E-state index is 4.38. The number of halogens is 1. The number of alkyl halides is 1. The van der Waals surface area contributed by atoms with Crippen molar-refractivity contribution in [3.05, 3.63) is 51.5 Å². The summed E-state index contributed by atoms with van der Waals surface area (Å²) in [6, 6.07) is 8.49. The number of aryl methyl sites for hydroxylation is 2. The van der Waals surface area contributed by atoms with Crippen LogP contribution < -0.4 is 0 Å². The van der Waals surface area contributed by atoms with Crippen LogP contribution in [0.4, 0.5) is 0 Å². The van der Waals surface area contributed by atoms with Crippen LogP contribution in [0.2, 0.25) is 0 Å². The van der Waals surface area contributed by atoms with E-state index in [2.05, 4.69) is 39.1 Å². The fraction of sp³-hybridized carbons (Fsp3) is 0.357. The molecule has 3 heteroatoms. The van der Waals surface area contributed by atoms with Gasteiger partial charge in [-0.05, 0) is 43.0 Å². The standard InChI is InChI=1S/C14H14BrNS/c15-12(9-11-5-1-2-7-16-11)14-8-10-4-3-6-13(10)17-14/h1-2,5,7-8,12H,3-4,6,9H2. The summed E-state index contributed by atoms with van der Waals surface area (Å²) in [5.41, 5.74) is 2.73. The number of rotatable bonds is 3. The van der Waals surface area contributed by atoms with Gasteiger partial charge in [-0.25, -0.2) is 0 Å². The average Bonchev–Trinajstić information content (AvgIpc) is 2.90. The fourth-order valence-electron chi connectivity index (χ4n) is 2.31. The van der Waals surface area contributed by atoms with Gasteiger partial charge in [-0.2, -0.15) is 0 Å². The summed E-state index contributed by atoms with van der Waals surface area (Å²) in [4.78, 5) is 7.85. The maximum atomic E-state index is 4.38. The number of nitrogens with zero attached hydrogens (tertiary/aromatic N) is 1. The molecule has 0 radical (unpaired) electrons. The van der Waals surface area contributed by atoms with Crippen LogP contribution in [0.25, 0.3) is 0 Å². The molecule has 0 saturated heterocycles. The predicted octanol–water partition coefficient (Wildman–Crippen LogP) is 4.31. The SMILES string of the molecule is BrC(Cc1ccccn1)c1cc2c(s1)CCC2. The molecule has 0 bridgehead atoms. The van der Waals surface area contributed by atoms with Crippen LogP contribution in [0.1, 0.15) is 32.3 Å². The highest BCUT2D eigenvalue weighted by atomic mass is 79.9. The Bertz CT molecular complexity index is 485. The third-order valence-corrected chi connectivity index (χ3v) is 5.66. The smallest absolute Gasteiger partial charge is 0.0544 e. The van der Waals surface area contributed by atoms with Crippen molar-refractivity contribution in [3.8, 4) is 0 Å². The maximum Gasteiger partial charge on any atom is 0.0544 e. The minimum Gasteiger partial charge on any atom is -0.261 e. The van der Waals surface area contributed by atoms with Gasteiger partial charge in [0.05, 0.1) is 4.83 Å². The average molecular weight is 308 g/mol. The molecule has 0 amide bonds. The van der Waals surface area contributed by atoms with E-state index >= 15 is 0 Å². The summed E-state index contributed by atoms with van der Waals surface area (Å²) in [6.45, 7) is 0. The lowest BCUT2D eigenvalue weighted by atomic mass is 10.1. The molecule has 0 aliphatic heterocycles. The second-order valence-electron chi connectivity index (χ2n) is 4.44. The van der Waals surface area contributed by atoms with E-state index in [0.717, 1.165) is 12.1 Å². The number of aromatic nitrogens is 1. The minimum absolute atomic E-state index is 0.410. The van der Waals surface area contributed by atoms with Crippen LogP contribution in [0, 0.1) is 0 Å². The summed E-state index contributed by atoms with van der Waals surface area (Å²) in [5.74, 6) is 0. The molecule has 1 aliphatic rings. The van der Waals surface area contributed by atoms with Gasteiger partial charge in [0.2, 0.25) is 0 Å². The van der Waals surface area contributed by atoms with E-state index in [9.17, 15) is 0 Å². The van der Waals surface area contributed by atoms with Gasteiger partial charge in [0.25, 0.3) is 0 Å². The van der Waals surface area contributed by atoms with E-state index in [-0.39, 0.29) is 0 Å². The van der Waals surface area contributed by atoms with Gasteiger partial charge in [0.1, 0.15) is 0 Å². The van der Waals surface area contributed by atoms with Crippen molar-refractivity contribution in [2.75, 3.05) is 0 Å². The minimum atomic E-state index is 0.410. The van der Waals surface area contributed by atoms with E-state index < -0.39 is 0 Å². The van der Waals surface area contributed by atoms with E-state index in [0.29, 0.717) is 4.83 Å². The summed E-state index contributed by atoms with van der Waals surface area (Å²) in [6.07, 6.45) is 6.73.